The van der Waals surface area contributed by atoms with Gasteiger partial charge in [0.05, 0.1) is 11.4 Å². The molecule has 0 aromatic carbocycles. The number of hydrogen-bond donors (Lipinski definition) is 0. The van der Waals surface area contributed by atoms with Crippen molar-refractivity contribution in [2.75, 3.05) is 0 Å². The van der Waals surface area contributed by atoms with Crippen molar-refractivity contribution in [3.05, 3.63) is 28.3 Å². The Morgan fingerprint density at radius 1 is 0.778 bits per heavy atom. The molecular weight excluding hydrogens is 222 g/mol. The first-order valence-electron chi connectivity index (χ1n) is 6.34. The lowest BCUT2D eigenvalue weighted by molar-refractivity contribution is 0.565. The lowest BCUT2D eigenvalue weighted by Gasteiger charge is -2.22. The zero-order valence-electron chi connectivity index (χ0n) is 12.3. The van der Waals surface area contributed by atoms with Crippen LogP contribution in [0.25, 0.3) is 11.0 Å². The Morgan fingerprint density at radius 2 is 1.39 bits per heavy atom. The fourth-order valence-electron chi connectivity index (χ4n) is 2.50. The average Bonchev–Trinajstić information content (AvgIpc) is 2.20. The van der Waals surface area contributed by atoms with Gasteiger partial charge in [0.1, 0.15) is 5.82 Å². The van der Waals surface area contributed by atoms with Crippen molar-refractivity contribution in [3.8, 4) is 0 Å². The molecule has 0 unspecified atom stereocenters. The predicted molar refractivity (Wildman–Crippen MR) is 75.0 cm³/mol. The number of aromatic nitrogens is 3. The summed E-state index contributed by atoms with van der Waals surface area (Å²) in [6, 6.07) is 0. The molecule has 3 heteroatoms. The lowest BCUT2D eigenvalue weighted by atomic mass is 9.86. The van der Waals surface area contributed by atoms with Gasteiger partial charge in [-0.2, -0.15) is 0 Å². The number of rotatable bonds is 0. The van der Waals surface area contributed by atoms with Gasteiger partial charge in [-0.05, 0) is 38.8 Å². The summed E-state index contributed by atoms with van der Waals surface area (Å²) < 4.78 is 0. The van der Waals surface area contributed by atoms with Crippen molar-refractivity contribution in [2.45, 2.75) is 53.9 Å². The second-order valence-electron chi connectivity index (χ2n) is 6.02. The van der Waals surface area contributed by atoms with E-state index in [1.807, 2.05) is 13.8 Å². The van der Waals surface area contributed by atoms with Gasteiger partial charge in [-0.25, -0.2) is 15.0 Å². The minimum atomic E-state index is 0.0375. The highest BCUT2D eigenvalue weighted by molar-refractivity contribution is 5.82. The van der Waals surface area contributed by atoms with Gasteiger partial charge in [0.15, 0.2) is 5.65 Å². The Hall–Kier alpha value is -1.51. The number of hydrogen-bond acceptors (Lipinski definition) is 3. The third kappa shape index (κ3) is 1.98. The molecule has 0 spiro atoms. The Bertz CT molecular complexity index is 622. The molecule has 2 heterocycles. The van der Waals surface area contributed by atoms with Gasteiger partial charge in [0.2, 0.25) is 0 Å². The first-order chi connectivity index (χ1) is 8.21. The Morgan fingerprint density at radius 3 is 1.94 bits per heavy atom. The molecule has 2 rings (SSSR count). The normalized spacial score (nSPS) is 12.2. The summed E-state index contributed by atoms with van der Waals surface area (Å²) in [5.41, 5.74) is 5.52. The number of fused-ring (bicyclic) bond motifs is 1. The summed E-state index contributed by atoms with van der Waals surface area (Å²) in [5, 5.41) is 1.10. The van der Waals surface area contributed by atoms with Gasteiger partial charge in [-0.15, -0.1) is 0 Å². The average molecular weight is 243 g/mol. The Balaban J connectivity index is 2.93. The molecule has 0 aliphatic carbocycles. The van der Waals surface area contributed by atoms with Crippen LogP contribution in [-0.4, -0.2) is 15.0 Å². The molecule has 96 valence electrons. The van der Waals surface area contributed by atoms with Crippen LogP contribution in [0.2, 0.25) is 0 Å². The molecule has 0 N–H and O–H groups in total. The van der Waals surface area contributed by atoms with E-state index in [1.165, 1.54) is 11.1 Å². The van der Waals surface area contributed by atoms with Crippen LogP contribution in [0.5, 0.6) is 0 Å². The summed E-state index contributed by atoms with van der Waals surface area (Å²) in [6.07, 6.45) is 0. The van der Waals surface area contributed by atoms with Gasteiger partial charge in [-0.3, -0.25) is 0 Å². The van der Waals surface area contributed by atoms with E-state index in [2.05, 4.69) is 44.6 Å². The van der Waals surface area contributed by atoms with Gasteiger partial charge in [-0.1, -0.05) is 20.8 Å². The van der Waals surface area contributed by atoms with Crippen molar-refractivity contribution < 1.29 is 0 Å². The summed E-state index contributed by atoms with van der Waals surface area (Å²) in [5.74, 6) is 0.788. The van der Waals surface area contributed by atoms with Crippen LogP contribution in [0.15, 0.2) is 0 Å². The van der Waals surface area contributed by atoms with Gasteiger partial charge in [0, 0.05) is 10.8 Å². The maximum atomic E-state index is 4.78. The fraction of sp³-hybridized carbons (Fsp3) is 0.533. The molecule has 2 aromatic heterocycles. The fourth-order valence-corrected chi connectivity index (χ4v) is 2.50. The maximum Gasteiger partial charge on any atom is 0.163 e. The smallest absolute Gasteiger partial charge is 0.163 e. The van der Waals surface area contributed by atoms with Crippen LogP contribution in [0, 0.1) is 27.7 Å². The Labute approximate surface area is 109 Å². The highest BCUT2D eigenvalue weighted by Gasteiger charge is 2.22. The standard InChI is InChI=1S/C15H21N3/c1-8-9(2)13(15(5,6)7)18-14-12(8)10(3)16-11(4)17-14/h1-7H3. The molecule has 0 aliphatic rings. The summed E-state index contributed by atoms with van der Waals surface area (Å²) >= 11 is 0. The van der Waals surface area contributed by atoms with Crippen molar-refractivity contribution in [1.82, 2.24) is 15.0 Å². The summed E-state index contributed by atoms with van der Waals surface area (Å²) in [7, 11) is 0. The van der Waals surface area contributed by atoms with Crippen LogP contribution < -0.4 is 0 Å². The predicted octanol–water partition coefficient (Wildman–Crippen LogP) is 3.56. The SMILES string of the molecule is Cc1nc(C)c2c(C)c(C)c(C(C)(C)C)nc2n1. The van der Waals surface area contributed by atoms with Gasteiger partial charge in [0.25, 0.3) is 0 Å². The van der Waals surface area contributed by atoms with Crippen LogP contribution in [-0.2, 0) is 5.41 Å². The van der Waals surface area contributed by atoms with E-state index in [1.54, 1.807) is 0 Å². The van der Waals surface area contributed by atoms with Crippen LogP contribution in [0.1, 0.15) is 49.1 Å². The summed E-state index contributed by atoms with van der Waals surface area (Å²) in [4.78, 5) is 13.7. The monoisotopic (exact) mass is 243 g/mol. The van der Waals surface area contributed by atoms with Crippen molar-refractivity contribution in [1.29, 1.82) is 0 Å². The van der Waals surface area contributed by atoms with E-state index >= 15 is 0 Å². The molecule has 0 saturated heterocycles. The third-order valence-corrected chi connectivity index (χ3v) is 3.40. The van der Waals surface area contributed by atoms with Crippen LogP contribution >= 0.6 is 0 Å². The van der Waals surface area contributed by atoms with E-state index in [4.69, 9.17) is 4.98 Å². The van der Waals surface area contributed by atoms with E-state index in [-0.39, 0.29) is 5.41 Å². The molecular formula is C15H21N3. The maximum absolute atomic E-state index is 4.78. The van der Waals surface area contributed by atoms with E-state index in [9.17, 15) is 0 Å². The largest absolute Gasteiger partial charge is 0.238 e. The number of nitrogens with zero attached hydrogens (tertiary/aromatic N) is 3. The first kappa shape index (κ1) is 12.9. The second-order valence-corrected chi connectivity index (χ2v) is 6.02. The summed E-state index contributed by atoms with van der Waals surface area (Å²) in [6.45, 7) is 14.8. The molecule has 0 amide bonds. The highest BCUT2D eigenvalue weighted by atomic mass is 14.9. The number of aryl methyl sites for hydroxylation is 3. The minimum absolute atomic E-state index is 0.0375. The minimum Gasteiger partial charge on any atom is -0.238 e. The van der Waals surface area contributed by atoms with Gasteiger partial charge < -0.3 is 0 Å². The van der Waals surface area contributed by atoms with Gasteiger partial charge >= 0.3 is 0 Å². The third-order valence-electron chi connectivity index (χ3n) is 3.40. The van der Waals surface area contributed by atoms with E-state index in [0.717, 1.165) is 28.2 Å². The van der Waals surface area contributed by atoms with Crippen molar-refractivity contribution in [3.63, 3.8) is 0 Å². The topological polar surface area (TPSA) is 38.7 Å². The molecule has 0 bridgehead atoms. The molecule has 2 aromatic rings. The molecule has 0 fully saturated rings. The molecule has 0 atom stereocenters. The lowest BCUT2D eigenvalue weighted by Crippen LogP contribution is -2.17. The van der Waals surface area contributed by atoms with E-state index in [0.29, 0.717) is 0 Å². The number of pyridine rings is 1. The zero-order valence-corrected chi connectivity index (χ0v) is 12.3. The quantitative estimate of drug-likeness (QED) is 0.710. The molecule has 3 nitrogen and oxygen atoms in total. The molecule has 18 heavy (non-hydrogen) atoms. The second kappa shape index (κ2) is 4.01. The van der Waals surface area contributed by atoms with Crippen molar-refractivity contribution in [2.24, 2.45) is 0 Å². The zero-order chi connectivity index (χ0) is 13.7. The Kier molecular flexibility index (Phi) is 2.88. The molecule has 0 radical (unpaired) electrons. The highest BCUT2D eigenvalue weighted by Crippen LogP contribution is 2.30. The van der Waals surface area contributed by atoms with Crippen LogP contribution in [0.3, 0.4) is 0 Å². The van der Waals surface area contributed by atoms with Crippen molar-refractivity contribution >= 4 is 11.0 Å². The molecule has 0 saturated carbocycles. The van der Waals surface area contributed by atoms with E-state index < -0.39 is 0 Å². The van der Waals surface area contributed by atoms with Crippen LogP contribution in [0.4, 0.5) is 0 Å². The first-order valence-corrected chi connectivity index (χ1v) is 6.34. The molecule has 0 aliphatic heterocycles.